The summed E-state index contributed by atoms with van der Waals surface area (Å²) in [5.74, 6) is -1.95. The van der Waals surface area contributed by atoms with Gasteiger partial charge in [-0.15, -0.1) is 0 Å². The second-order valence-electron chi connectivity index (χ2n) is 10.8. The number of nitrogens with zero attached hydrogens (tertiary/aromatic N) is 1. The Balaban J connectivity index is 1.44. The Labute approximate surface area is 262 Å². The number of aromatic carboxylic acids is 1. The first-order valence-electron chi connectivity index (χ1n) is 14.5. The van der Waals surface area contributed by atoms with E-state index in [9.17, 15) is 27.9 Å². The molecule has 0 radical (unpaired) electrons. The largest absolute Gasteiger partial charge is 0.481 e. The standard InChI is InChI=1S/C35H32F5NO5/c36-34(37,38)29-16-12-25(13-17-29)26-14-18-30(19-15-26)35(39,40)46-31-6-2-1-5-27(31)20-22-41(21-4-3-7-32(42)43)23-24-8-10-28(11-9-24)33(44)45/h1-2,5-6,8-19H,3-4,7,20-23H2,(H,42,43)(H,44,45). The van der Waals surface area contributed by atoms with Gasteiger partial charge in [-0.1, -0.05) is 54.6 Å². The highest BCUT2D eigenvalue weighted by Crippen LogP contribution is 2.35. The highest BCUT2D eigenvalue weighted by molar-refractivity contribution is 5.87. The van der Waals surface area contributed by atoms with Crippen molar-refractivity contribution in [2.45, 2.75) is 44.5 Å². The molecule has 0 amide bonds. The lowest BCUT2D eigenvalue weighted by atomic mass is 10.0. The van der Waals surface area contributed by atoms with Gasteiger partial charge in [0, 0.05) is 19.5 Å². The molecule has 0 aliphatic heterocycles. The van der Waals surface area contributed by atoms with Gasteiger partial charge in [0.05, 0.1) is 16.7 Å². The number of hydrogen-bond donors (Lipinski definition) is 2. The summed E-state index contributed by atoms with van der Waals surface area (Å²) >= 11 is 0. The smallest absolute Gasteiger partial charge is 0.426 e. The average molecular weight is 642 g/mol. The average Bonchev–Trinajstić information content (AvgIpc) is 3.02. The summed E-state index contributed by atoms with van der Waals surface area (Å²) in [6, 6.07) is 22.4. The number of alkyl halides is 5. The number of ether oxygens (including phenoxy) is 1. The van der Waals surface area contributed by atoms with Crippen LogP contribution >= 0.6 is 0 Å². The van der Waals surface area contributed by atoms with Gasteiger partial charge >= 0.3 is 24.2 Å². The molecule has 2 N–H and O–H groups in total. The van der Waals surface area contributed by atoms with Crippen LogP contribution in [0.2, 0.25) is 0 Å². The van der Waals surface area contributed by atoms with E-state index in [-0.39, 0.29) is 17.7 Å². The molecule has 0 aromatic heterocycles. The summed E-state index contributed by atoms with van der Waals surface area (Å²) in [4.78, 5) is 24.2. The van der Waals surface area contributed by atoms with E-state index in [1.165, 1.54) is 54.6 Å². The molecule has 4 aromatic rings. The van der Waals surface area contributed by atoms with Crippen LogP contribution in [0.1, 0.15) is 51.9 Å². The molecule has 0 unspecified atom stereocenters. The second-order valence-corrected chi connectivity index (χ2v) is 10.8. The van der Waals surface area contributed by atoms with Crippen LogP contribution < -0.4 is 4.74 Å². The first-order chi connectivity index (χ1) is 21.8. The van der Waals surface area contributed by atoms with Crippen molar-refractivity contribution in [3.05, 3.63) is 125 Å². The zero-order chi connectivity index (χ0) is 33.3. The fourth-order valence-electron chi connectivity index (χ4n) is 4.89. The van der Waals surface area contributed by atoms with Crippen LogP contribution in [0.3, 0.4) is 0 Å². The van der Waals surface area contributed by atoms with Gasteiger partial charge in [-0.3, -0.25) is 9.69 Å². The maximum absolute atomic E-state index is 15.3. The van der Waals surface area contributed by atoms with Gasteiger partial charge in [0.15, 0.2) is 0 Å². The Morgan fingerprint density at radius 3 is 1.85 bits per heavy atom. The molecule has 0 aliphatic rings. The predicted molar refractivity (Wildman–Crippen MR) is 162 cm³/mol. The quantitative estimate of drug-likeness (QED) is 0.100. The molecule has 0 saturated heterocycles. The number of para-hydroxylation sites is 1. The van der Waals surface area contributed by atoms with Crippen LogP contribution in [0.4, 0.5) is 22.0 Å². The maximum Gasteiger partial charge on any atom is 0.426 e. The van der Waals surface area contributed by atoms with Crippen LogP contribution in [0, 0.1) is 0 Å². The molecular weight excluding hydrogens is 609 g/mol. The molecular formula is C35H32F5NO5. The van der Waals surface area contributed by atoms with Gasteiger partial charge in [-0.05, 0) is 90.5 Å². The molecule has 242 valence electrons. The van der Waals surface area contributed by atoms with Gasteiger partial charge in [0.1, 0.15) is 5.75 Å². The van der Waals surface area contributed by atoms with E-state index in [2.05, 4.69) is 0 Å². The van der Waals surface area contributed by atoms with E-state index < -0.39 is 35.4 Å². The Morgan fingerprint density at radius 2 is 1.28 bits per heavy atom. The fraction of sp³-hybridized carbons (Fsp3) is 0.257. The molecule has 6 nitrogen and oxygen atoms in total. The fourth-order valence-corrected chi connectivity index (χ4v) is 4.89. The summed E-state index contributed by atoms with van der Waals surface area (Å²) in [7, 11) is 0. The summed E-state index contributed by atoms with van der Waals surface area (Å²) in [5.41, 5.74) is 1.21. The van der Waals surface area contributed by atoms with E-state index >= 15 is 8.78 Å². The summed E-state index contributed by atoms with van der Waals surface area (Å²) in [6.07, 6.45) is -6.76. The van der Waals surface area contributed by atoms with Crippen LogP contribution in [0.25, 0.3) is 11.1 Å². The topological polar surface area (TPSA) is 87.1 Å². The first-order valence-corrected chi connectivity index (χ1v) is 14.5. The van der Waals surface area contributed by atoms with Crippen LogP contribution in [0.5, 0.6) is 5.75 Å². The minimum Gasteiger partial charge on any atom is -0.481 e. The van der Waals surface area contributed by atoms with Crippen LogP contribution in [-0.4, -0.2) is 40.1 Å². The lowest BCUT2D eigenvalue weighted by molar-refractivity contribution is -0.185. The SMILES string of the molecule is O=C(O)CCCCN(CCc1ccccc1OC(F)(F)c1ccc(-c2ccc(C(F)(F)F)cc2)cc1)Cc1ccc(C(=O)O)cc1. The van der Waals surface area contributed by atoms with Crippen LogP contribution in [-0.2, 0) is 30.0 Å². The van der Waals surface area contributed by atoms with Gasteiger partial charge in [-0.25, -0.2) is 4.79 Å². The molecule has 11 heteroatoms. The third kappa shape index (κ3) is 9.61. The van der Waals surface area contributed by atoms with E-state index in [1.54, 1.807) is 30.3 Å². The highest BCUT2D eigenvalue weighted by atomic mass is 19.4. The Bertz CT molecular complexity index is 1600. The number of carboxylic acids is 2. The summed E-state index contributed by atoms with van der Waals surface area (Å²) in [5, 5.41) is 18.1. The Morgan fingerprint density at radius 1 is 0.696 bits per heavy atom. The zero-order valence-electron chi connectivity index (χ0n) is 24.6. The van der Waals surface area contributed by atoms with E-state index in [0.717, 1.165) is 17.7 Å². The van der Waals surface area contributed by atoms with Crippen molar-refractivity contribution in [1.82, 2.24) is 4.90 Å². The molecule has 4 rings (SSSR count). The molecule has 0 saturated carbocycles. The number of rotatable bonds is 15. The van der Waals surface area contributed by atoms with Gasteiger partial charge < -0.3 is 14.9 Å². The number of benzene rings is 4. The van der Waals surface area contributed by atoms with Crippen LogP contribution in [0.15, 0.2) is 97.1 Å². The summed E-state index contributed by atoms with van der Waals surface area (Å²) in [6.45, 7) is 1.41. The predicted octanol–water partition coefficient (Wildman–Crippen LogP) is 8.50. The molecule has 0 aliphatic carbocycles. The number of carbonyl (C=O) groups is 2. The third-order valence-corrected chi connectivity index (χ3v) is 7.40. The number of unbranched alkanes of at least 4 members (excludes halogenated alkanes) is 1. The lowest BCUT2D eigenvalue weighted by Crippen LogP contribution is -2.27. The lowest BCUT2D eigenvalue weighted by Gasteiger charge is -2.24. The van der Waals surface area contributed by atoms with Crippen molar-refractivity contribution in [1.29, 1.82) is 0 Å². The van der Waals surface area contributed by atoms with Gasteiger partial charge in [0.25, 0.3) is 0 Å². The highest BCUT2D eigenvalue weighted by Gasteiger charge is 2.35. The first kappa shape index (κ1) is 34.1. The van der Waals surface area contributed by atoms with E-state index in [0.29, 0.717) is 55.6 Å². The minimum atomic E-state index is -4.48. The maximum atomic E-state index is 15.3. The molecule has 0 fully saturated rings. The third-order valence-electron chi connectivity index (χ3n) is 7.40. The molecule has 0 atom stereocenters. The Kier molecular flexibility index (Phi) is 11.1. The number of hydrogen-bond acceptors (Lipinski definition) is 4. The van der Waals surface area contributed by atoms with Crippen molar-refractivity contribution < 1.29 is 46.5 Å². The summed E-state index contributed by atoms with van der Waals surface area (Å²) < 4.78 is 74.5. The van der Waals surface area contributed by atoms with E-state index in [4.69, 9.17) is 9.84 Å². The number of carboxylic acid groups (broad SMARTS) is 2. The minimum absolute atomic E-state index is 0.0176. The monoisotopic (exact) mass is 641 g/mol. The van der Waals surface area contributed by atoms with Crippen molar-refractivity contribution >= 4 is 11.9 Å². The number of halogens is 5. The zero-order valence-corrected chi connectivity index (χ0v) is 24.6. The van der Waals surface area contributed by atoms with Crippen molar-refractivity contribution in [2.75, 3.05) is 13.1 Å². The molecule has 4 aromatic carbocycles. The Hall–Kier alpha value is -4.77. The molecule has 0 heterocycles. The molecule has 46 heavy (non-hydrogen) atoms. The van der Waals surface area contributed by atoms with Crippen molar-refractivity contribution in [2.24, 2.45) is 0 Å². The second kappa shape index (κ2) is 15.0. The van der Waals surface area contributed by atoms with Gasteiger partial charge in [-0.2, -0.15) is 22.0 Å². The molecule has 0 bridgehead atoms. The molecule has 0 spiro atoms. The van der Waals surface area contributed by atoms with Crippen molar-refractivity contribution in [3.63, 3.8) is 0 Å². The van der Waals surface area contributed by atoms with E-state index in [1.807, 2.05) is 4.90 Å². The van der Waals surface area contributed by atoms with Crippen molar-refractivity contribution in [3.8, 4) is 16.9 Å². The number of aliphatic carboxylic acids is 1. The normalized spacial score (nSPS) is 11.9. The van der Waals surface area contributed by atoms with Gasteiger partial charge in [0.2, 0.25) is 0 Å².